The molecule has 35 heavy (non-hydrogen) atoms. The first-order valence-electron chi connectivity index (χ1n) is 10.8. The maximum atomic E-state index is 12.6. The Hall–Kier alpha value is -3.29. The van der Waals surface area contributed by atoms with Gasteiger partial charge in [0.1, 0.15) is 16.4 Å². The summed E-state index contributed by atoms with van der Waals surface area (Å²) in [5.74, 6) is 1.89. The van der Waals surface area contributed by atoms with E-state index < -0.39 is 15.8 Å². The largest absolute Gasteiger partial charge is 0.504 e. The van der Waals surface area contributed by atoms with E-state index in [1.807, 2.05) is 19.9 Å². The number of para-hydroxylation sites is 1. The molecule has 0 aliphatic rings. The van der Waals surface area contributed by atoms with Crippen LogP contribution in [0.5, 0.6) is 5.75 Å². The number of nitrogens with one attached hydrogen (secondary N) is 2. The molecular formula is C22H27N7O4S2. The zero-order valence-corrected chi connectivity index (χ0v) is 21.8. The molecule has 0 aliphatic carbocycles. The molecule has 0 saturated carbocycles. The number of aromatic nitrogens is 4. The fourth-order valence-corrected chi connectivity index (χ4v) is 4.89. The van der Waals surface area contributed by atoms with Crippen LogP contribution >= 0.6 is 11.7 Å². The number of aromatic hydroxyl groups is 1. The quantitative estimate of drug-likeness (QED) is 0.291. The van der Waals surface area contributed by atoms with Crippen LogP contribution in [0.1, 0.15) is 37.0 Å². The minimum atomic E-state index is -3.87. The maximum absolute atomic E-state index is 12.6. The van der Waals surface area contributed by atoms with Gasteiger partial charge in [0.15, 0.2) is 17.4 Å². The average molecular weight is 518 g/mol. The summed E-state index contributed by atoms with van der Waals surface area (Å²) in [6.07, 6.45) is 0. The third-order valence-electron chi connectivity index (χ3n) is 5.58. The Morgan fingerprint density at radius 1 is 1.09 bits per heavy atom. The van der Waals surface area contributed by atoms with Crippen molar-refractivity contribution in [1.29, 1.82) is 0 Å². The van der Waals surface area contributed by atoms with E-state index in [1.165, 1.54) is 26.2 Å². The second-order valence-electron chi connectivity index (χ2n) is 8.65. The Labute approximate surface area is 207 Å². The molecule has 0 amide bonds. The Morgan fingerprint density at radius 3 is 2.31 bits per heavy atom. The van der Waals surface area contributed by atoms with Crippen LogP contribution in [0.2, 0.25) is 0 Å². The van der Waals surface area contributed by atoms with E-state index in [0.29, 0.717) is 17.1 Å². The highest BCUT2D eigenvalue weighted by Crippen LogP contribution is 2.37. The Balaban J connectivity index is 1.78. The van der Waals surface area contributed by atoms with Gasteiger partial charge in [-0.2, -0.15) is 8.75 Å². The number of nitrogens with zero attached hydrogens (tertiary/aromatic N) is 5. The van der Waals surface area contributed by atoms with Crippen LogP contribution in [0.15, 0.2) is 33.6 Å². The predicted octanol–water partition coefficient (Wildman–Crippen LogP) is 4.20. The van der Waals surface area contributed by atoms with Crippen molar-refractivity contribution in [3.63, 3.8) is 0 Å². The van der Waals surface area contributed by atoms with Gasteiger partial charge in [-0.05, 0) is 43.5 Å². The molecule has 3 aromatic heterocycles. The summed E-state index contributed by atoms with van der Waals surface area (Å²) in [6.45, 7) is 8.00. The van der Waals surface area contributed by atoms with Crippen LogP contribution in [0.3, 0.4) is 0 Å². The molecule has 4 aromatic rings. The molecule has 11 nitrogen and oxygen atoms in total. The summed E-state index contributed by atoms with van der Waals surface area (Å²) < 4.78 is 40.6. The zero-order chi connectivity index (χ0) is 25.5. The molecule has 1 aromatic carbocycles. The Morgan fingerprint density at radius 2 is 1.74 bits per heavy atom. The van der Waals surface area contributed by atoms with Crippen LogP contribution in [0, 0.1) is 19.8 Å². The van der Waals surface area contributed by atoms with Gasteiger partial charge in [-0.3, -0.25) is 0 Å². The zero-order valence-electron chi connectivity index (χ0n) is 20.2. The first-order chi connectivity index (χ1) is 16.5. The number of furan rings is 1. The van der Waals surface area contributed by atoms with Gasteiger partial charge in [0.05, 0.1) is 23.5 Å². The van der Waals surface area contributed by atoms with Crippen LogP contribution in [0.4, 0.5) is 17.3 Å². The van der Waals surface area contributed by atoms with Gasteiger partial charge in [-0.25, -0.2) is 22.7 Å². The monoisotopic (exact) mass is 517 g/mol. The van der Waals surface area contributed by atoms with Crippen LogP contribution in [-0.2, 0) is 10.0 Å². The van der Waals surface area contributed by atoms with E-state index in [0.717, 1.165) is 33.1 Å². The number of hydrogen-bond donors (Lipinski definition) is 3. The fourth-order valence-electron chi connectivity index (χ4n) is 3.45. The summed E-state index contributed by atoms with van der Waals surface area (Å²) in [6, 6.07) is 6.17. The van der Waals surface area contributed by atoms with E-state index in [1.54, 1.807) is 6.07 Å². The molecule has 0 bridgehead atoms. The third-order valence-corrected chi connectivity index (χ3v) is 7.93. The fraction of sp³-hybridized carbons (Fsp3) is 0.364. The number of phenolic OH excluding ortho intramolecular Hbond substituents is 1. The summed E-state index contributed by atoms with van der Waals surface area (Å²) in [5, 5.41) is 17.2. The normalized spacial score (nSPS) is 13.0. The van der Waals surface area contributed by atoms with Gasteiger partial charge in [0.25, 0.3) is 0 Å². The lowest BCUT2D eigenvalue weighted by Gasteiger charge is -2.22. The molecule has 0 aliphatic heterocycles. The number of anilines is 3. The lowest BCUT2D eigenvalue weighted by molar-refractivity contribution is 0.407. The van der Waals surface area contributed by atoms with Gasteiger partial charge < -0.3 is 20.2 Å². The maximum Gasteiger partial charge on any atom is 0.246 e. The number of hydrogen-bond acceptors (Lipinski definition) is 11. The van der Waals surface area contributed by atoms with Gasteiger partial charge >= 0.3 is 0 Å². The molecule has 13 heteroatoms. The van der Waals surface area contributed by atoms with E-state index >= 15 is 0 Å². The van der Waals surface area contributed by atoms with Crippen molar-refractivity contribution >= 4 is 50.4 Å². The predicted molar refractivity (Wildman–Crippen MR) is 135 cm³/mol. The smallest absolute Gasteiger partial charge is 0.246 e. The number of sulfonamides is 1. The van der Waals surface area contributed by atoms with Gasteiger partial charge in [0.2, 0.25) is 21.3 Å². The summed E-state index contributed by atoms with van der Waals surface area (Å²) in [5.41, 5.74) is 1.88. The van der Waals surface area contributed by atoms with E-state index in [4.69, 9.17) is 4.42 Å². The van der Waals surface area contributed by atoms with Gasteiger partial charge in [0, 0.05) is 14.1 Å². The minimum Gasteiger partial charge on any atom is -0.504 e. The van der Waals surface area contributed by atoms with Crippen molar-refractivity contribution in [3.8, 4) is 5.75 Å². The van der Waals surface area contributed by atoms with E-state index in [-0.39, 0.29) is 28.4 Å². The highest BCUT2D eigenvalue weighted by atomic mass is 32.2. The molecule has 0 fully saturated rings. The van der Waals surface area contributed by atoms with Crippen molar-refractivity contribution < 1.29 is 17.9 Å². The molecule has 186 valence electrons. The van der Waals surface area contributed by atoms with Crippen molar-refractivity contribution in [1.82, 2.24) is 23.0 Å². The Kier molecular flexibility index (Phi) is 6.66. The van der Waals surface area contributed by atoms with E-state index in [2.05, 4.69) is 43.2 Å². The summed E-state index contributed by atoms with van der Waals surface area (Å²) in [7, 11) is -1.07. The molecule has 0 saturated heterocycles. The Bertz CT molecular complexity index is 1460. The average Bonchev–Trinajstić information content (AvgIpc) is 3.38. The second kappa shape index (κ2) is 9.40. The lowest BCUT2D eigenvalue weighted by atomic mass is 10.0. The van der Waals surface area contributed by atoms with Crippen molar-refractivity contribution in [2.24, 2.45) is 5.92 Å². The molecular weight excluding hydrogens is 490 g/mol. The molecule has 3 N–H and O–H groups in total. The van der Waals surface area contributed by atoms with Crippen molar-refractivity contribution in [2.75, 3.05) is 24.7 Å². The first-order valence-corrected chi connectivity index (χ1v) is 13.0. The van der Waals surface area contributed by atoms with Gasteiger partial charge in [-0.15, -0.1) is 0 Å². The topological polar surface area (TPSA) is 146 Å². The van der Waals surface area contributed by atoms with Crippen LogP contribution in [0.25, 0.3) is 11.3 Å². The lowest BCUT2D eigenvalue weighted by Crippen LogP contribution is -2.22. The highest BCUT2D eigenvalue weighted by Gasteiger charge is 2.26. The summed E-state index contributed by atoms with van der Waals surface area (Å²) >= 11 is 0.982. The van der Waals surface area contributed by atoms with E-state index in [9.17, 15) is 13.5 Å². The molecule has 3 heterocycles. The number of phenols is 1. The molecule has 0 spiro atoms. The highest BCUT2D eigenvalue weighted by molar-refractivity contribution is 7.89. The number of rotatable bonds is 8. The van der Waals surface area contributed by atoms with Crippen molar-refractivity contribution in [2.45, 2.75) is 38.6 Å². The third kappa shape index (κ3) is 4.79. The van der Waals surface area contributed by atoms with Crippen LogP contribution < -0.4 is 10.6 Å². The molecule has 4 rings (SSSR count). The van der Waals surface area contributed by atoms with Crippen molar-refractivity contribution in [3.05, 3.63) is 41.3 Å². The first kappa shape index (κ1) is 24.8. The minimum absolute atomic E-state index is 0.126. The molecule has 1 atom stereocenters. The summed E-state index contributed by atoms with van der Waals surface area (Å²) in [4.78, 5) is 8.89. The SMILES string of the molecule is Cc1cc([C@H](Nc2nc3nsnc3nc2Nc2cccc(S(=O)(=O)N(C)C)c2O)C(C)C)oc1C. The second-order valence-corrected chi connectivity index (χ2v) is 11.3. The molecule has 0 unspecified atom stereocenters. The molecule has 0 radical (unpaired) electrons. The van der Waals surface area contributed by atoms with Gasteiger partial charge in [-0.1, -0.05) is 19.9 Å². The van der Waals surface area contributed by atoms with Crippen LogP contribution in [-0.4, -0.2) is 50.6 Å². The number of aryl methyl sites for hydroxylation is 2. The number of benzene rings is 1. The standard InChI is InChI=1S/C22H27N7O4S2/c1-11(2)17(15-10-12(3)13(4)33-15)24-20-19(25-21-22(26-20)28-34-27-21)23-14-8-7-9-16(18(14)30)35(31,32)29(5)6/h7-11,17,30H,1-6H3,(H,23,25,27)(H,24,26,28)/t17-/m1/s1. The number of fused-ring (bicyclic) bond motifs is 1.